The average Bonchev–Trinajstić information content (AvgIpc) is 3.17. The van der Waals surface area contributed by atoms with Gasteiger partial charge in [0.15, 0.2) is 5.60 Å². The molecule has 2 aliphatic rings. The molecule has 5 rings (SSSR count). The summed E-state index contributed by atoms with van der Waals surface area (Å²) in [6.45, 7) is 3.61. The number of rotatable bonds is 5. The summed E-state index contributed by atoms with van der Waals surface area (Å²) in [6, 6.07) is 15.7. The highest BCUT2D eigenvalue weighted by atomic mass is 35.5. The van der Waals surface area contributed by atoms with Crippen molar-refractivity contribution in [3.05, 3.63) is 95.0 Å². The molecule has 2 aliphatic heterocycles. The van der Waals surface area contributed by atoms with Gasteiger partial charge in [-0.05, 0) is 47.0 Å². The Morgan fingerprint density at radius 3 is 2.69 bits per heavy atom. The number of pyridine rings is 2. The lowest BCUT2D eigenvalue weighted by atomic mass is 9.83. The number of hydrogen-bond donors (Lipinski definition) is 0. The maximum Gasteiger partial charge on any atom is 0.257 e. The van der Waals surface area contributed by atoms with Crippen LogP contribution in [0.5, 0.6) is 0 Å². The number of ether oxygens (including phenoxy) is 1. The van der Waals surface area contributed by atoms with Gasteiger partial charge in [0.2, 0.25) is 0 Å². The van der Waals surface area contributed by atoms with E-state index in [0.29, 0.717) is 44.4 Å². The van der Waals surface area contributed by atoms with Gasteiger partial charge >= 0.3 is 0 Å². The summed E-state index contributed by atoms with van der Waals surface area (Å²) in [6.07, 6.45) is 7.13. The topological polar surface area (TPSA) is 58.6 Å². The number of likely N-dealkylation sites (tertiary alicyclic amines) is 1. The summed E-state index contributed by atoms with van der Waals surface area (Å²) < 4.78 is 6.37. The lowest BCUT2D eigenvalue weighted by molar-refractivity contribution is -0.173. The lowest BCUT2D eigenvalue weighted by Crippen LogP contribution is -2.59. The van der Waals surface area contributed by atoms with E-state index in [-0.39, 0.29) is 11.8 Å². The van der Waals surface area contributed by atoms with Gasteiger partial charge in [0.1, 0.15) is 0 Å². The van der Waals surface area contributed by atoms with E-state index in [0.717, 1.165) is 16.7 Å². The fraction of sp³-hybridized carbons (Fsp3) is 0.320. The Balaban J connectivity index is 1.45. The van der Waals surface area contributed by atoms with Crippen molar-refractivity contribution in [1.29, 1.82) is 0 Å². The van der Waals surface area contributed by atoms with Crippen LogP contribution in [0.1, 0.15) is 22.6 Å². The van der Waals surface area contributed by atoms with Gasteiger partial charge in [-0.2, -0.15) is 0 Å². The molecule has 2 fully saturated rings. The number of hydrogen-bond acceptors (Lipinski definition) is 5. The molecular formula is C25H25ClN4O2. The van der Waals surface area contributed by atoms with E-state index in [4.69, 9.17) is 16.3 Å². The van der Waals surface area contributed by atoms with Crippen LogP contribution in [-0.4, -0.2) is 57.5 Å². The summed E-state index contributed by atoms with van der Waals surface area (Å²) in [5, 5.41) is 0.716. The zero-order chi connectivity index (χ0) is 22.0. The van der Waals surface area contributed by atoms with Crippen LogP contribution in [-0.2, 0) is 22.6 Å². The van der Waals surface area contributed by atoms with Gasteiger partial charge in [0, 0.05) is 68.5 Å². The number of amides is 1. The van der Waals surface area contributed by atoms with Crippen molar-refractivity contribution in [3.8, 4) is 0 Å². The fourth-order valence-electron chi connectivity index (χ4n) is 4.87. The second-order valence-corrected chi connectivity index (χ2v) is 8.90. The highest BCUT2D eigenvalue weighted by molar-refractivity contribution is 6.30. The summed E-state index contributed by atoms with van der Waals surface area (Å²) in [7, 11) is 0. The van der Waals surface area contributed by atoms with Gasteiger partial charge in [-0.15, -0.1) is 0 Å². The highest BCUT2D eigenvalue weighted by Crippen LogP contribution is 2.42. The standard InChI is InChI=1S/C25H25ClN4O2/c26-22-5-1-3-20(13-22)15-29-17-23(21-4-2-8-28-14-21)25(18-29)24(31)30(11-12-32-25)16-19-6-9-27-10-7-19/h1-10,13-14,23H,11-12,15-18H2. The van der Waals surface area contributed by atoms with Crippen LogP contribution in [0.15, 0.2) is 73.3 Å². The van der Waals surface area contributed by atoms with Crippen molar-refractivity contribution in [2.45, 2.75) is 24.6 Å². The van der Waals surface area contributed by atoms with Crippen LogP contribution in [0.25, 0.3) is 0 Å². The second kappa shape index (κ2) is 8.98. The molecule has 1 spiro atoms. The van der Waals surface area contributed by atoms with Gasteiger partial charge in [0.05, 0.1) is 6.61 Å². The largest absolute Gasteiger partial charge is 0.361 e. The van der Waals surface area contributed by atoms with E-state index in [1.807, 2.05) is 53.6 Å². The minimum absolute atomic E-state index is 0.0445. The number of morpholine rings is 1. The first-order valence-electron chi connectivity index (χ1n) is 10.8. The molecule has 32 heavy (non-hydrogen) atoms. The van der Waals surface area contributed by atoms with Crippen LogP contribution in [0.4, 0.5) is 0 Å². The molecule has 2 unspecified atom stereocenters. The normalized spacial score (nSPS) is 23.7. The number of aromatic nitrogens is 2. The Labute approximate surface area is 192 Å². The summed E-state index contributed by atoms with van der Waals surface area (Å²) in [5.41, 5.74) is 2.29. The predicted molar refractivity (Wildman–Crippen MR) is 122 cm³/mol. The summed E-state index contributed by atoms with van der Waals surface area (Å²) >= 11 is 6.20. The van der Waals surface area contributed by atoms with Crippen LogP contribution in [0, 0.1) is 0 Å². The molecule has 164 valence electrons. The van der Waals surface area contributed by atoms with Crippen LogP contribution in [0.2, 0.25) is 5.02 Å². The maximum atomic E-state index is 13.9. The second-order valence-electron chi connectivity index (χ2n) is 8.46. The minimum Gasteiger partial charge on any atom is -0.361 e. The Bertz CT molecular complexity index is 1080. The van der Waals surface area contributed by atoms with Gasteiger partial charge in [-0.1, -0.05) is 29.8 Å². The van der Waals surface area contributed by atoms with E-state index in [2.05, 4.69) is 20.9 Å². The third-order valence-electron chi connectivity index (χ3n) is 6.34. The van der Waals surface area contributed by atoms with Crippen molar-refractivity contribution < 1.29 is 9.53 Å². The predicted octanol–water partition coefficient (Wildman–Crippen LogP) is 3.53. The molecule has 7 heteroatoms. The van der Waals surface area contributed by atoms with Crippen molar-refractivity contribution in [2.24, 2.45) is 0 Å². The first kappa shape index (κ1) is 21.1. The molecule has 1 aromatic carbocycles. The van der Waals surface area contributed by atoms with Gasteiger partial charge < -0.3 is 9.64 Å². The Morgan fingerprint density at radius 1 is 1.03 bits per heavy atom. The highest BCUT2D eigenvalue weighted by Gasteiger charge is 2.56. The minimum atomic E-state index is -0.924. The zero-order valence-corrected chi connectivity index (χ0v) is 18.5. The Kier molecular flexibility index (Phi) is 5.91. The van der Waals surface area contributed by atoms with Crippen LogP contribution < -0.4 is 0 Å². The number of carbonyl (C=O) groups is 1. The molecular weight excluding hydrogens is 424 g/mol. The number of halogens is 1. The van der Waals surface area contributed by atoms with Gasteiger partial charge in [0.25, 0.3) is 5.91 Å². The molecule has 0 N–H and O–H groups in total. The van der Waals surface area contributed by atoms with E-state index >= 15 is 0 Å². The number of benzene rings is 1. The van der Waals surface area contributed by atoms with Gasteiger partial charge in [-0.25, -0.2) is 0 Å². The molecule has 4 heterocycles. The molecule has 6 nitrogen and oxygen atoms in total. The molecule has 2 aromatic heterocycles. The molecule has 0 saturated carbocycles. The Hall–Kier alpha value is -2.80. The number of nitrogens with zero attached hydrogens (tertiary/aromatic N) is 4. The van der Waals surface area contributed by atoms with Gasteiger partial charge in [-0.3, -0.25) is 19.7 Å². The zero-order valence-electron chi connectivity index (χ0n) is 17.7. The maximum absolute atomic E-state index is 13.9. The van der Waals surface area contributed by atoms with Crippen molar-refractivity contribution in [1.82, 2.24) is 19.8 Å². The van der Waals surface area contributed by atoms with Crippen LogP contribution in [0.3, 0.4) is 0 Å². The van der Waals surface area contributed by atoms with Crippen molar-refractivity contribution in [3.63, 3.8) is 0 Å². The fourth-order valence-corrected chi connectivity index (χ4v) is 5.09. The smallest absolute Gasteiger partial charge is 0.257 e. The Morgan fingerprint density at radius 2 is 1.91 bits per heavy atom. The first-order chi connectivity index (χ1) is 15.6. The van der Waals surface area contributed by atoms with Crippen LogP contribution >= 0.6 is 11.6 Å². The average molecular weight is 449 g/mol. The molecule has 1 amide bonds. The first-order valence-corrected chi connectivity index (χ1v) is 11.2. The molecule has 0 bridgehead atoms. The SMILES string of the molecule is O=C1N(Cc2ccncc2)CCOC12CN(Cc1cccc(Cl)c1)CC2c1cccnc1. The van der Waals surface area contributed by atoms with E-state index in [1.54, 1.807) is 18.6 Å². The molecule has 0 radical (unpaired) electrons. The van der Waals surface area contributed by atoms with E-state index in [1.165, 1.54) is 0 Å². The molecule has 0 aliphatic carbocycles. The summed E-state index contributed by atoms with van der Waals surface area (Å²) in [5.74, 6) is -0.0499. The molecule has 3 aromatic rings. The van der Waals surface area contributed by atoms with E-state index in [9.17, 15) is 4.79 Å². The molecule has 2 saturated heterocycles. The lowest BCUT2D eigenvalue weighted by Gasteiger charge is -2.42. The quantitative estimate of drug-likeness (QED) is 0.597. The van der Waals surface area contributed by atoms with Crippen molar-refractivity contribution in [2.75, 3.05) is 26.2 Å². The van der Waals surface area contributed by atoms with Crippen molar-refractivity contribution >= 4 is 17.5 Å². The number of carbonyl (C=O) groups excluding carboxylic acids is 1. The third-order valence-corrected chi connectivity index (χ3v) is 6.57. The van der Waals surface area contributed by atoms with E-state index < -0.39 is 5.60 Å². The monoisotopic (exact) mass is 448 g/mol. The molecule has 2 atom stereocenters. The summed E-state index contributed by atoms with van der Waals surface area (Å²) in [4.78, 5) is 26.5. The third kappa shape index (κ3) is 4.13.